The van der Waals surface area contributed by atoms with E-state index >= 15 is 0 Å². The van der Waals surface area contributed by atoms with Crippen molar-refractivity contribution in [1.82, 2.24) is 9.55 Å². The summed E-state index contributed by atoms with van der Waals surface area (Å²) in [5.74, 6) is -0.155. The number of aryl methyl sites for hydroxylation is 1. The first-order valence-electron chi connectivity index (χ1n) is 7.66. The van der Waals surface area contributed by atoms with Gasteiger partial charge in [0, 0.05) is 10.2 Å². The number of nitrogens with zero attached hydrogens (tertiary/aromatic N) is 2. The number of ether oxygens (including phenoxy) is 1. The summed E-state index contributed by atoms with van der Waals surface area (Å²) in [6, 6.07) is 14.7. The third-order valence-electron chi connectivity index (χ3n) is 3.62. The Hall–Kier alpha value is -2.67. The number of halogens is 1. The van der Waals surface area contributed by atoms with E-state index in [4.69, 9.17) is 4.74 Å². The third-order valence-corrected chi connectivity index (χ3v) is 4.15. The second-order valence-electron chi connectivity index (χ2n) is 5.45. The van der Waals surface area contributed by atoms with Crippen molar-refractivity contribution in [2.45, 2.75) is 13.5 Å². The van der Waals surface area contributed by atoms with Gasteiger partial charge in [0.25, 0.3) is 5.91 Å². The molecule has 1 amide bonds. The van der Waals surface area contributed by atoms with Crippen LogP contribution in [0.15, 0.2) is 53.0 Å². The van der Waals surface area contributed by atoms with Crippen LogP contribution < -0.4 is 5.32 Å². The van der Waals surface area contributed by atoms with E-state index in [0.717, 1.165) is 21.3 Å². The molecule has 0 aliphatic heterocycles. The molecule has 0 saturated heterocycles. The molecule has 128 valence electrons. The van der Waals surface area contributed by atoms with E-state index in [1.54, 1.807) is 16.7 Å². The van der Waals surface area contributed by atoms with Crippen molar-refractivity contribution in [2.24, 2.45) is 0 Å². The summed E-state index contributed by atoms with van der Waals surface area (Å²) in [6.45, 7) is 1.51. The molecule has 1 N–H and O–H groups in total. The number of benzene rings is 2. The van der Waals surface area contributed by atoms with E-state index < -0.39 is 5.97 Å². The first-order valence-corrected chi connectivity index (χ1v) is 8.45. The number of carbonyl (C=O) groups is 2. The van der Waals surface area contributed by atoms with Crippen molar-refractivity contribution >= 4 is 44.5 Å². The van der Waals surface area contributed by atoms with E-state index in [1.165, 1.54) is 0 Å². The van der Waals surface area contributed by atoms with Gasteiger partial charge in [0.15, 0.2) is 6.61 Å². The Labute approximate surface area is 152 Å². The van der Waals surface area contributed by atoms with Gasteiger partial charge in [0.2, 0.25) is 0 Å². The number of hydrogen-bond acceptors (Lipinski definition) is 4. The molecule has 0 bridgehead atoms. The third kappa shape index (κ3) is 4.24. The van der Waals surface area contributed by atoms with Crippen molar-refractivity contribution in [2.75, 3.05) is 11.9 Å². The Morgan fingerprint density at radius 3 is 2.64 bits per heavy atom. The number of carbonyl (C=O) groups excluding carboxylic acids is 2. The lowest BCUT2D eigenvalue weighted by atomic mass is 10.3. The zero-order chi connectivity index (χ0) is 17.8. The smallest absolute Gasteiger partial charge is 0.326 e. The lowest BCUT2D eigenvalue weighted by molar-refractivity contribution is -0.147. The monoisotopic (exact) mass is 401 g/mol. The topological polar surface area (TPSA) is 73.2 Å². The van der Waals surface area contributed by atoms with E-state index in [1.807, 2.05) is 43.3 Å². The average Bonchev–Trinajstić information content (AvgIpc) is 2.91. The molecule has 0 unspecified atom stereocenters. The zero-order valence-electron chi connectivity index (χ0n) is 13.5. The van der Waals surface area contributed by atoms with Gasteiger partial charge < -0.3 is 14.6 Å². The molecule has 25 heavy (non-hydrogen) atoms. The van der Waals surface area contributed by atoms with Crippen molar-refractivity contribution in [3.63, 3.8) is 0 Å². The standard InChI is InChI=1S/C18H16BrN3O3/c1-12-20-15-4-2-3-5-16(15)22(12)10-18(24)25-11-17(23)21-14-8-6-13(19)7-9-14/h2-9H,10-11H2,1H3,(H,21,23). The predicted octanol–water partition coefficient (Wildman–Crippen LogP) is 3.29. The van der Waals surface area contributed by atoms with Gasteiger partial charge in [-0.2, -0.15) is 0 Å². The van der Waals surface area contributed by atoms with Crippen molar-refractivity contribution in [3.8, 4) is 0 Å². The number of nitrogens with one attached hydrogen (secondary N) is 1. The summed E-state index contributed by atoms with van der Waals surface area (Å²) in [4.78, 5) is 28.3. The second kappa shape index (κ2) is 7.48. The van der Waals surface area contributed by atoms with E-state index in [9.17, 15) is 9.59 Å². The molecule has 0 fully saturated rings. The van der Waals surface area contributed by atoms with Gasteiger partial charge in [-0.25, -0.2) is 4.98 Å². The van der Waals surface area contributed by atoms with E-state index in [0.29, 0.717) is 5.69 Å². The normalized spacial score (nSPS) is 10.6. The Bertz CT molecular complexity index is 919. The van der Waals surface area contributed by atoms with Gasteiger partial charge >= 0.3 is 5.97 Å². The number of amides is 1. The van der Waals surface area contributed by atoms with Crippen LogP contribution in [0.3, 0.4) is 0 Å². The molecular formula is C18H16BrN3O3. The van der Waals surface area contributed by atoms with Gasteiger partial charge in [-0.3, -0.25) is 9.59 Å². The molecule has 6 nitrogen and oxygen atoms in total. The van der Waals surface area contributed by atoms with Crippen LogP contribution in [-0.4, -0.2) is 28.0 Å². The summed E-state index contributed by atoms with van der Waals surface area (Å²) < 4.78 is 7.75. The Kier molecular flexibility index (Phi) is 5.14. The van der Waals surface area contributed by atoms with E-state index in [-0.39, 0.29) is 19.1 Å². The first-order chi connectivity index (χ1) is 12.0. The Balaban J connectivity index is 1.56. The fourth-order valence-corrected chi connectivity index (χ4v) is 2.71. The summed E-state index contributed by atoms with van der Waals surface area (Å²) in [5.41, 5.74) is 2.32. The minimum atomic E-state index is -0.489. The lowest BCUT2D eigenvalue weighted by Gasteiger charge is -2.08. The highest BCUT2D eigenvalue weighted by Crippen LogP contribution is 2.16. The van der Waals surface area contributed by atoms with Gasteiger partial charge in [-0.05, 0) is 43.3 Å². The number of para-hydroxylation sites is 2. The summed E-state index contributed by atoms with van der Waals surface area (Å²) in [5, 5.41) is 2.67. The number of fused-ring (bicyclic) bond motifs is 1. The highest BCUT2D eigenvalue weighted by atomic mass is 79.9. The predicted molar refractivity (Wildman–Crippen MR) is 98.2 cm³/mol. The van der Waals surface area contributed by atoms with Crippen LogP contribution in [0.1, 0.15) is 5.82 Å². The average molecular weight is 402 g/mol. The molecule has 0 aliphatic rings. The molecular weight excluding hydrogens is 386 g/mol. The van der Waals surface area contributed by atoms with Gasteiger partial charge in [-0.15, -0.1) is 0 Å². The lowest BCUT2D eigenvalue weighted by Crippen LogP contribution is -2.23. The van der Waals surface area contributed by atoms with Crippen LogP contribution in [0.5, 0.6) is 0 Å². The second-order valence-corrected chi connectivity index (χ2v) is 6.37. The number of anilines is 1. The Morgan fingerprint density at radius 1 is 1.16 bits per heavy atom. The van der Waals surface area contributed by atoms with Crippen molar-refractivity contribution < 1.29 is 14.3 Å². The van der Waals surface area contributed by atoms with Crippen LogP contribution in [0.2, 0.25) is 0 Å². The highest BCUT2D eigenvalue weighted by molar-refractivity contribution is 9.10. The number of imidazole rings is 1. The van der Waals surface area contributed by atoms with Gasteiger partial charge in [0.05, 0.1) is 11.0 Å². The maximum atomic E-state index is 12.1. The van der Waals surface area contributed by atoms with E-state index in [2.05, 4.69) is 26.2 Å². The fraction of sp³-hybridized carbons (Fsp3) is 0.167. The van der Waals surface area contributed by atoms with Gasteiger partial charge in [0.1, 0.15) is 12.4 Å². The maximum absolute atomic E-state index is 12.1. The Morgan fingerprint density at radius 2 is 1.88 bits per heavy atom. The largest absolute Gasteiger partial charge is 0.454 e. The number of aromatic nitrogens is 2. The molecule has 3 aromatic rings. The van der Waals surface area contributed by atoms with Crippen molar-refractivity contribution in [3.05, 3.63) is 58.8 Å². The molecule has 1 aromatic heterocycles. The van der Waals surface area contributed by atoms with Crippen LogP contribution >= 0.6 is 15.9 Å². The molecule has 3 rings (SSSR count). The molecule has 0 saturated carbocycles. The number of rotatable bonds is 5. The minimum absolute atomic E-state index is 0.0118. The maximum Gasteiger partial charge on any atom is 0.326 e. The number of hydrogen-bond donors (Lipinski definition) is 1. The molecule has 1 heterocycles. The fourth-order valence-electron chi connectivity index (χ4n) is 2.45. The molecule has 0 atom stereocenters. The first kappa shape index (κ1) is 17.2. The van der Waals surface area contributed by atoms with Crippen LogP contribution in [-0.2, 0) is 20.9 Å². The molecule has 0 spiro atoms. The van der Waals surface area contributed by atoms with Crippen LogP contribution in [0.4, 0.5) is 5.69 Å². The molecule has 2 aromatic carbocycles. The highest BCUT2D eigenvalue weighted by Gasteiger charge is 2.13. The quantitative estimate of drug-likeness (QED) is 0.665. The molecule has 0 aliphatic carbocycles. The minimum Gasteiger partial charge on any atom is -0.454 e. The van der Waals surface area contributed by atoms with Crippen molar-refractivity contribution in [1.29, 1.82) is 0 Å². The van der Waals surface area contributed by atoms with Crippen LogP contribution in [0, 0.1) is 6.92 Å². The zero-order valence-corrected chi connectivity index (χ0v) is 15.1. The summed E-state index contributed by atoms with van der Waals surface area (Å²) in [7, 11) is 0. The summed E-state index contributed by atoms with van der Waals surface area (Å²) in [6.07, 6.45) is 0. The SMILES string of the molecule is Cc1nc2ccccc2n1CC(=O)OCC(=O)Nc1ccc(Br)cc1. The molecule has 7 heteroatoms. The number of esters is 1. The van der Waals surface area contributed by atoms with Gasteiger partial charge in [-0.1, -0.05) is 28.1 Å². The molecule has 0 radical (unpaired) electrons. The summed E-state index contributed by atoms with van der Waals surface area (Å²) >= 11 is 3.32. The van der Waals surface area contributed by atoms with Crippen LogP contribution in [0.25, 0.3) is 11.0 Å².